The highest BCUT2D eigenvalue weighted by Crippen LogP contribution is 2.67. The maximum Gasteiger partial charge on any atom is 0.0922 e. The Balaban J connectivity index is 2.00. The number of fused-ring (bicyclic) bond motifs is 3. The minimum absolute atomic E-state index is 0.118. The summed E-state index contributed by atoms with van der Waals surface area (Å²) in [6.45, 7) is 0. The summed E-state index contributed by atoms with van der Waals surface area (Å²) in [7, 11) is 0. The number of halogens is 2. The van der Waals surface area contributed by atoms with Crippen molar-refractivity contribution in [3.05, 3.63) is 51.0 Å². The predicted molar refractivity (Wildman–Crippen MR) is 70.3 cm³/mol. The molecule has 0 bridgehead atoms. The first-order valence-electron chi connectivity index (χ1n) is 5.69. The first-order valence-corrected chi connectivity index (χ1v) is 6.87. The van der Waals surface area contributed by atoms with Crippen LogP contribution in [0.25, 0.3) is 0 Å². The first-order chi connectivity index (χ1) is 8.23. The highest BCUT2D eigenvalue weighted by Gasteiger charge is 2.63. The molecule has 86 valence electrons. The summed E-state index contributed by atoms with van der Waals surface area (Å²) in [5, 5.41) is 0.887. The Hall–Kier alpha value is -0.800. The van der Waals surface area contributed by atoms with E-state index >= 15 is 0 Å². The molecule has 2 nitrogen and oxygen atoms in total. The number of nitrogens with one attached hydrogen (secondary N) is 1. The van der Waals surface area contributed by atoms with E-state index in [1.807, 2.05) is 18.3 Å². The van der Waals surface area contributed by atoms with Crippen molar-refractivity contribution < 1.29 is 0 Å². The minimum Gasteiger partial charge on any atom is -0.348 e. The molecule has 4 rings (SSSR count). The zero-order chi connectivity index (χ0) is 11.6. The van der Waals surface area contributed by atoms with Crippen molar-refractivity contribution in [2.24, 2.45) is 5.92 Å². The van der Waals surface area contributed by atoms with Crippen LogP contribution in [0.2, 0.25) is 5.02 Å². The molecular weight excluding hydrogens is 300 g/mol. The van der Waals surface area contributed by atoms with Crippen molar-refractivity contribution in [2.45, 2.75) is 18.3 Å². The largest absolute Gasteiger partial charge is 0.348 e. The van der Waals surface area contributed by atoms with Crippen molar-refractivity contribution in [3.8, 4) is 0 Å². The molecule has 2 aliphatic carbocycles. The summed E-state index contributed by atoms with van der Waals surface area (Å²) in [6, 6.07) is 4.04. The summed E-state index contributed by atoms with van der Waals surface area (Å²) in [5.74, 6) is 0.689. The molecule has 4 heteroatoms. The van der Waals surface area contributed by atoms with Crippen molar-refractivity contribution in [1.29, 1.82) is 0 Å². The lowest BCUT2D eigenvalue weighted by Crippen LogP contribution is -2.10. The van der Waals surface area contributed by atoms with E-state index in [9.17, 15) is 0 Å². The Morgan fingerprint density at radius 1 is 1.47 bits per heavy atom. The molecule has 1 aromatic heterocycles. The molecule has 1 N–H and O–H groups in total. The topological polar surface area (TPSA) is 28.7 Å². The van der Waals surface area contributed by atoms with E-state index in [1.54, 1.807) is 6.33 Å². The Morgan fingerprint density at radius 3 is 3.12 bits per heavy atom. The number of benzene rings is 1. The standard InChI is InChI=1S/C13H10BrClN2/c14-9-1-2-10(15)12-8(9)3-7-4-13(7,12)11-5-16-6-17-11/h1-2,5-7H,3-4H2,(H,16,17). The second kappa shape index (κ2) is 3.15. The van der Waals surface area contributed by atoms with Crippen molar-refractivity contribution in [1.82, 2.24) is 9.97 Å². The Kier molecular flexibility index (Phi) is 1.88. The lowest BCUT2D eigenvalue weighted by molar-refractivity contribution is 0.742. The van der Waals surface area contributed by atoms with E-state index < -0.39 is 0 Å². The van der Waals surface area contributed by atoms with Gasteiger partial charge in [0.15, 0.2) is 0 Å². The van der Waals surface area contributed by atoms with Crippen molar-refractivity contribution in [2.75, 3.05) is 0 Å². The van der Waals surface area contributed by atoms with Gasteiger partial charge in [-0.2, -0.15) is 0 Å². The van der Waals surface area contributed by atoms with Crippen LogP contribution in [-0.4, -0.2) is 9.97 Å². The van der Waals surface area contributed by atoms with Gasteiger partial charge in [-0.3, -0.25) is 0 Å². The molecule has 1 aromatic carbocycles. The molecule has 2 unspecified atom stereocenters. The summed E-state index contributed by atoms with van der Waals surface area (Å²) < 4.78 is 1.18. The summed E-state index contributed by atoms with van der Waals surface area (Å²) in [6.07, 6.45) is 6.00. The second-order valence-electron chi connectivity index (χ2n) is 4.92. The molecule has 17 heavy (non-hydrogen) atoms. The Bertz CT molecular complexity index is 608. The van der Waals surface area contributed by atoms with E-state index in [0.29, 0.717) is 5.92 Å². The van der Waals surface area contributed by atoms with Gasteiger partial charge in [0, 0.05) is 26.8 Å². The number of aromatic amines is 1. The van der Waals surface area contributed by atoms with Gasteiger partial charge in [-0.25, -0.2) is 4.98 Å². The predicted octanol–water partition coefficient (Wildman–Crippen LogP) is 3.69. The fourth-order valence-corrected chi connectivity index (χ4v) is 4.21. The quantitative estimate of drug-likeness (QED) is 0.855. The molecule has 2 atom stereocenters. The van der Waals surface area contributed by atoms with Crippen molar-refractivity contribution >= 4 is 27.5 Å². The zero-order valence-electron chi connectivity index (χ0n) is 9.00. The van der Waals surface area contributed by atoms with Gasteiger partial charge in [0.1, 0.15) is 0 Å². The van der Waals surface area contributed by atoms with Crippen LogP contribution in [0.1, 0.15) is 23.2 Å². The number of aromatic nitrogens is 2. The molecule has 0 saturated heterocycles. The lowest BCUT2D eigenvalue weighted by Gasteiger charge is -2.16. The number of hydrogen-bond donors (Lipinski definition) is 1. The van der Waals surface area contributed by atoms with Crippen LogP contribution in [0, 0.1) is 5.92 Å². The third-order valence-electron chi connectivity index (χ3n) is 4.19. The van der Waals surface area contributed by atoms with Crippen LogP contribution in [0.4, 0.5) is 0 Å². The summed E-state index contributed by atoms with van der Waals surface area (Å²) >= 11 is 10.0. The lowest BCUT2D eigenvalue weighted by atomic mass is 9.92. The van der Waals surface area contributed by atoms with Crippen LogP contribution in [-0.2, 0) is 11.8 Å². The van der Waals surface area contributed by atoms with Gasteiger partial charge in [0.05, 0.1) is 6.33 Å². The van der Waals surface area contributed by atoms with Gasteiger partial charge < -0.3 is 4.98 Å². The summed E-state index contributed by atoms with van der Waals surface area (Å²) in [4.78, 5) is 7.42. The number of imidazole rings is 1. The third-order valence-corrected chi connectivity index (χ3v) is 5.24. The maximum absolute atomic E-state index is 6.41. The number of H-pyrrole nitrogens is 1. The smallest absolute Gasteiger partial charge is 0.0922 e. The van der Waals surface area contributed by atoms with Gasteiger partial charge in [-0.05, 0) is 42.0 Å². The molecular formula is C13H10BrClN2. The molecule has 0 radical (unpaired) electrons. The monoisotopic (exact) mass is 308 g/mol. The summed E-state index contributed by atoms with van der Waals surface area (Å²) in [5.41, 5.74) is 4.01. The highest BCUT2D eigenvalue weighted by atomic mass is 79.9. The second-order valence-corrected chi connectivity index (χ2v) is 6.19. The highest BCUT2D eigenvalue weighted by molar-refractivity contribution is 9.10. The Labute approximate surface area is 113 Å². The zero-order valence-corrected chi connectivity index (χ0v) is 11.3. The van der Waals surface area contributed by atoms with Crippen LogP contribution in [0.5, 0.6) is 0 Å². The van der Waals surface area contributed by atoms with Crippen LogP contribution in [0.15, 0.2) is 29.1 Å². The average Bonchev–Trinajstić information content (AvgIpc) is 2.77. The number of nitrogens with zero attached hydrogens (tertiary/aromatic N) is 1. The van der Waals surface area contributed by atoms with Crippen molar-refractivity contribution in [3.63, 3.8) is 0 Å². The SMILES string of the molecule is Clc1ccc(Br)c2c1C1(c3cnc[nH]3)CC1C2. The van der Waals surface area contributed by atoms with E-state index in [4.69, 9.17) is 11.6 Å². The van der Waals surface area contributed by atoms with E-state index in [2.05, 4.69) is 25.9 Å². The van der Waals surface area contributed by atoms with E-state index in [1.165, 1.54) is 27.7 Å². The fourth-order valence-electron chi connectivity index (χ4n) is 3.37. The molecule has 1 heterocycles. The normalized spacial score (nSPS) is 28.9. The molecule has 0 aliphatic heterocycles. The molecule has 1 saturated carbocycles. The first kappa shape index (κ1) is 10.2. The minimum atomic E-state index is 0.118. The fraction of sp³-hybridized carbons (Fsp3) is 0.308. The maximum atomic E-state index is 6.41. The molecule has 1 fully saturated rings. The average molecular weight is 310 g/mol. The van der Waals surface area contributed by atoms with Gasteiger partial charge >= 0.3 is 0 Å². The molecule has 0 spiro atoms. The van der Waals surface area contributed by atoms with Gasteiger partial charge in [0.2, 0.25) is 0 Å². The van der Waals surface area contributed by atoms with E-state index in [0.717, 1.165) is 11.4 Å². The van der Waals surface area contributed by atoms with Gasteiger partial charge in [-0.15, -0.1) is 0 Å². The van der Waals surface area contributed by atoms with Crippen LogP contribution < -0.4 is 0 Å². The molecule has 0 amide bonds. The molecule has 2 aromatic rings. The van der Waals surface area contributed by atoms with Crippen LogP contribution >= 0.6 is 27.5 Å². The number of hydrogen-bond acceptors (Lipinski definition) is 1. The van der Waals surface area contributed by atoms with Crippen LogP contribution in [0.3, 0.4) is 0 Å². The molecule has 2 aliphatic rings. The third kappa shape index (κ3) is 1.14. The van der Waals surface area contributed by atoms with E-state index in [-0.39, 0.29) is 5.41 Å². The Morgan fingerprint density at radius 2 is 2.35 bits per heavy atom. The van der Waals surface area contributed by atoms with Gasteiger partial charge in [-0.1, -0.05) is 27.5 Å². The number of rotatable bonds is 1. The van der Waals surface area contributed by atoms with Gasteiger partial charge in [0.25, 0.3) is 0 Å².